The van der Waals surface area contributed by atoms with Gasteiger partial charge in [-0.1, -0.05) is 45.4 Å². The lowest BCUT2D eigenvalue weighted by Crippen LogP contribution is -2.10. The number of aryl methyl sites for hydroxylation is 1. The van der Waals surface area contributed by atoms with Crippen molar-refractivity contribution in [2.45, 2.75) is 40.0 Å². The Morgan fingerprint density at radius 2 is 1.83 bits per heavy atom. The topological polar surface area (TPSA) is 38.9 Å². The summed E-state index contributed by atoms with van der Waals surface area (Å²) in [6.45, 7) is 6.74. The average Bonchev–Trinajstić information content (AvgIpc) is 2.86. The van der Waals surface area contributed by atoms with Gasteiger partial charge in [0, 0.05) is 12.0 Å². The van der Waals surface area contributed by atoms with Crippen molar-refractivity contribution >= 4 is 0 Å². The smallest absolute Gasteiger partial charge is 0.247 e. The summed E-state index contributed by atoms with van der Waals surface area (Å²) < 4.78 is 5.69. The van der Waals surface area contributed by atoms with E-state index in [0.29, 0.717) is 11.3 Å². The summed E-state index contributed by atoms with van der Waals surface area (Å²) in [5, 5.41) is 8.21. The molecule has 2 rings (SSSR count). The minimum atomic E-state index is 0.335. The largest absolute Gasteiger partial charge is 0.421 e. The molecule has 0 fully saturated rings. The predicted octanol–water partition coefficient (Wildman–Crippen LogP) is 4.11. The maximum Gasteiger partial charge on any atom is 0.247 e. The number of rotatable bonds is 5. The molecule has 0 aliphatic heterocycles. The van der Waals surface area contributed by atoms with Crippen LogP contribution < -0.4 is 0 Å². The third-order valence-corrected chi connectivity index (χ3v) is 3.46. The van der Waals surface area contributed by atoms with Gasteiger partial charge in [-0.15, -0.1) is 10.2 Å². The molecule has 0 N–H and O–H groups in total. The van der Waals surface area contributed by atoms with Crippen LogP contribution in [0.4, 0.5) is 0 Å². The second kappa shape index (κ2) is 5.34. The highest BCUT2D eigenvalue weighted by atomic mass is 16.4. The fraction of sp³-hybridized carbons (Fsp3) is 0.467. The van der Waals surface area contributed by atoms with Gasteiger partial charge in [-0.25, -0.2) is 0 Å². The van der Waals surface area contributed by atoms with Gasteiger partial charge in [0.05, 0.1) is 0 Å². The van der Waals surface area contributed by atoms with Crippen LogP contribution >= 0.6 is 0 Å². The number of aromatic nitrogens is 2. The molecule has 0 aliphatic rings. The lowest BCUT2D eigenvalue weighted by atomic mass is 9.85. The molecule has 1 aromatic heterocycles. The highest BCUT2D eigenvalue weighted by Crippen LogP contribution is 2.26. The zero-order chi connectivity index (χ0) is 13.0. The molecule has 0 unspecified atom stereocenters. The number of hydrogen-bond donors (Lipinski definition) is 0. The monoisotopic (exact) mass is 244 g/mol. The summed E-state index contributed by atoms with van der Waals surface area (Å²) in [6, 6.07) is 9.88. The quantitative estimate of drug-likeness (QED) is 0.794. The van der Waals surface area contributed by atoms with E-state index in [1.807, 2.05) is 30.3 Å². The van der Waals surface area contributed by atoms with E-state index >= 15 is 0 Å². The second-order valence-corrected chi connectivity index (χ2v) is 5.38. The standard InChI is InChI=1S/C15H20N2O/c1-4-15(2,3)11-10-13-16-17-14(18-13)12-8-6-5-7-9-12/h5-9H,4,10-11H2,1-3H3. The van der Waals surface area contributed by atoms with Crippen molar-refractivity contribution in [3.05, 3.63) is 36.2 Å². The van der Waals surface area contributed by atoms with Crippen LogP contribution in [0.15, 0.2) is 34.7 Å². The third kappa shape index (κ3) is 3.19. The normalized spacial score (nSPS) is 11.7. The van der Waals surface area contributed by atoms with Crippen LogP contribution in [-0.4, -0.2) is 10.2 Å². The Morgan fingerprint density at radius 1 is 1.11 bits per heavy atom. The van der Waals surface area contributed by atoms with Crippen LogP contribution in [0.5, 0.6) is 0 Å². The zero-order valence-electron chi connectivity index (χ0n) is 11.3. The Morgan fingerprint density at radius 3 is 2.50 bits per heavy atom. The molecule has 3 heteroatoms. The van der Waals surface area contributed by atoms with E-state index in [2.05, 4.69) is 31.0 Å². The van der Waals surface area contributed by atoms with Crippen molar-refractivity contribution in [3.8, 4) is 11.5 Å². The molecule has 3 nitrogen and oxygen atoms in total. The first-order chi connectivity index (χ1) is 8.61. The van der Waals surface area contributed by atoms with Crippen LogP contribution in [0.3, 0.4) is 0 Å². The van der Waals surface area contributed by atoms with E-state index < -0.39 is 0 Å². The molecule has 18 heavy (non-hydrogen) atoms. The fourth-order valence-electron chi connectivity index (χ4n) is 1.67. The van der Waals surface area contributed by atoms with E-state index in [0.717, 1.165) is 30.7 Å². The molecule has 2 aromatic rings. The Bertz CT molecular complexity index is 488. The Hall–Kier alpha value is -1.64. The molecule has 96 valence electrons. The maximum absolute atomic E-state index is 5.69. The van der Waals surface area contributed by atoms with Crippen molar-refractivity contribution < 1.29 is 4.42 Å². The molecule has 0 atom stereocenters. The minimum absolute atomic E-state index is 0.335. The molecular formula is C15H20N2O. The summed E-state index contributed by atoms with van der Waals surface area (Å²) in [5.74, 6) is 1.34. The predicted molar refractivity (Wildman–Crippen MR) is 72.1 cm³/mol. The van der Waals surface area contributed by atoms with Crippen molar-refractivity contribution in [1.82, 2.24) is 10.2 Å². The lowest BCUT2D eigenvalue weighted by molar-refractivity contribution is 0.309. The van der Waals surface area contributed by atoms with Crippen molar-refractivity contribution in [1.29, 1.82) is 0 Å². The van der Waals surface area contributed by atoms with Gasteiger partial charge < -0.3 is 4.42 Å². The fourth-order valence-corrected chi connectivity index (χ4v) is 1.67. The second-order valence-electron chi connectivity index (χ2n) is 5.38. The van der Waals surface area contributed by atoms with Gasteiger partial charge in [0.2, 0.25) is 11.8 Å². The van der Waals surface area contributed by atoms with E-state index in [-0.39, 0.29) is 0 Å². The first-order valence-electron chi connectivity index (χ1n) is 6.48. The third-order valence-electron chi connectivity index (χ3n) is 3.46. The van der Waals surface area contributed by atoms with Crippen LogP contribution in [0, 0.1) is 5.41 Å². The number of benzene rings is 1. The van der Waals surface area contributed by atoms with E-state index in [1.54, 1.807) is 0 Å². The Balaban J connectivity index is 2.03. The Kier molecular flexibility index (Phi) is 3.80. The van der Waals surface area contributed by atoms with Crippen LogP contribution in [0.25, 0.3) is 11.5 Å². The molecule has 0 aliphatic carbocycles. The highest BCUT2D eigenvalue weighted by Gasteiger charge is 2.17. The summed E-state index contributed by atoms with van der Waals surface area (Å²) in [7, 11) is 0. The van der Waals surface area contributed by atoms with Crippen LogP contribution in [0.2, 0.25) is 0 Å². The minimum Gasteiger partial charge on any atom is -0.421 e. The maximum atomic E-state index is 5.69. The molecule has 0 bridgehead atoms. The van der Waals surface area contributed by atoms with Crippen LogP contribution in [-0.2, 0) is 6.42 Å². The van der Waals surface area contributed by atoms with Gasteiger partial charge >= 0.3 is 0 Å². The summed E-state index contributed by atoms with van der Waals surface area (Å²) >= 11 is 0. The molecule has 1 heterocycles. The zero-order valence-corrected chi connectivity index (χ0v) is 11.3. The highest BCUT2D eigenvalue weighted by molar-refractivity contribution is 5.51. The summed E-state index contributed by atoms with van der Waals surface area (Å²) in [6.07, 6.45) is 3.08. The summed E-state index contributed by atoms with van der Waals surface area (Å²) in [5.41, 5.74) is 1.31. The molecular weight excluding hydrogens is 224 g/mol. The number of hydrogen-bond acceptors (Lipinski definition) is 3. The van der Waals surface area contributed by atoms with E-state index in [1.165, 1.54) is 0 Å². The van der Waals surface area contributed by atoms with Crippen molar-refractivity contribution in [2.75, 3.05) is 0 Å². The number of nitrogens with zero attached hydrogens (tertiary/aromatic N) is 2. The van der Waals surface area contributed by atoms with Gasteiger partial charge in [-0.05, 0) is 24.0 Å². The lowest BCUT2D eigenvalue weighted by Gasteiger charge is -2.20. The van der Waals surface area contributed by atoms with E-state index in [9.17, 15) is 0 Å². The Labute approximate surface area is 108 Å². The van der Waals surface area contributed by atoms with Gasteiger partial charge in [0.15, 0.2) is 0 Å². The van der Waals surface area contributed by atoms with Crippen molar-refractivity contribution in [2.24, 2.45) is 5.41 Å². The first kappa shape index (κ1) is 12.8. The SMILES string of the molecule is CCC(C)(C)CCc1nnc(-c2ccccc2)o1. The molecule has 0 radical (unpaired) electrons. The van der Waals surface area contributed by atoms with Gasteiger partial charge in [0.25, 0.3) is 0 Å². The first-order valence-corrected chi connectivity index (χ1v) is 6.48. The van der Waals surface area contributed by atoms with Gasteiger partial charge in [0.1, 0.15) is 0 Å². The molecule has 0 spiro atoms. The molecule has 0 saturated heterocycles. The average molecular weight is 244 g/mol. The molecule has 0 amide bonds. The summed E-state index contributed by atoms with van der Waals surface area (Å²) in [4.78, 5) is 0. The van der Waals surface area contributed by atoms with Gasteiger partial charge in [-0.3, -0.25) is 0 Å². The van der Waals surface area contributed by atoms with Gasteiger partial charge in [-0.2, -0.15) is 0 Å². The van der Waals surface area contributed by atoms with Crippen LogP contribution in [0.1, 0.15) is 39.5 Å². The van der Waals surface area contributed by atoms with E-state index in [4.69, 9.17) is 4.42 Å². The van der Waals surface area contributed by atoms with Crippen molar-refractivity contribution in [3.63, 3.8) is 0 Å². The molecule has 0 saturated carbocycles. The molecule has 1 aromatic carbocycles.